The number of imidazole rings is 1. The molecule has 3 rings (SSSR count). The molecule has 6 heteroatoms. The lowest BCUT2D eigenvalue weighted by Gasteiger charge is -2.19. The van der Waals surface area contributed by atoms with Gasteiger partial charge in [0.05, 0.1) is 16.6 Å². The lowest BCUT2D eigenvalue weighted by atomic mass is 10.2. The van der Waals surface area contributed by atoms with E-state index in [1.165, 1.54) is 0 Å². The van der Waals surface area contributed by atoms with E-state index in [-0.39, 0.29) is 5.91 Å². The Labute approximate surface area is 153 Å². The zero-order valence-corrected chi connectivity index (χ0v) is 15.9. The maximum atomic E-state index is 12.7. The summed E-state index contributed by atoms with van der Waals surface area (Å²) in [5.74, 6) is 1.72. The van der Waals surface area contributed by atoms with E-state index in [0.29, 0.717) is 17.3 Å². The normalized spacial score (nSPS) is 11.4. The Morgan fingerprint density at radius 2 is 1.96 bits per heavy atom. The predicted octanol–water partition coefficient (Wildman–Crippen LogP) is 3.84. The zero-order valence-electron chi connectivity index (χ0n) is 15.9. The zero-order chi connectivity index (χ0) is 18.7. The quantitative estimate of drug-likeness (QED) is 0.700. The van der Waals surface area contributed by atoms with Crippen molar-refractivity contribution < 1.29 is 9.21 Å². The average Bonchev–Trinajstić information content (AvgIpc) is 3.15. The molecule has 1 N–H and O–H groups in total. The summed E-state index contributed by atoms with van der Waals surface area (Å²) in [6.45, 7) is 11.6. The van der Waals surface area contributed by atoms with Crippen molar-refractivity contribution in [2.24, 2.45) is 0 Å². The molecule has 26 heavy (non-hydrogen) atoms. The van der Waals surface area contributed by atoms with Gasteiger partial charge in [-0.2, -0.15) is 0 Å². The van der Waals surface area contributed by atoms with Crippen molar-refractivity contribution in [1.29, 1.82) is 0 Å². The number of anilines is 1. The number of amides is 1. The minimum absolute atomic E-state index is 0.196. The van der Waals surface area contributed by atoms with Crippen LogP contribution in [0.3, 0.4) is 0 Å². The maximum Gasteiger partial charge on any atom is 0.261 e. The summed E-state index contributed by atoms with van der Waals surface area (Å²) in [5, 5.41) is 2.96. The first-order chi connectivity index (χ1) is 12.5. The van der Waals surface area contributed by atoms with E-state index < -0.39 is 0 Å². The fourth-order valence-electron chi connectivity index (χ4n) is 3.20. The molecule has 0 aliphatic carbocycles. The number of carbonyl (C=O) groups excluding carboxylic acids is 1. The van der Waals surface area contributed by atoms with Gasteiger partial charge in [-0.15, -0.1) is 0 Å². The van der Waals surface area contributed by atoms with Crippen LogP contribution >= 0.6 is 0 Å². The monoisotopic (exact) mass is 354 g/mol. The summed E-state index contributed by atoms with van der Waals surface area (Å²) in [7, 11) is 0. The van der Waals surface area contributed by atoms with Gasteiger partial charge >= 0.3 is 0 Å². The Balaban J connectivity index is 1.90. The van der Waals surface area contributed by atoms with Crippen LogP contribution in [0, 0.1) is 13.8 Å². The van der Waals surface area contributed by atoms with Crippen molar-refractivity contribution in [3.8, 4) is 0 Å². The first kappa shape index (κ1) is 18.2. The standard InChI is InChI=1S/C20H26N4O2/c1-5-23(6-2)11-12-24-18-10-8-7-9-17(18)21-20(24)22-19(25)16-13-14(3)26-15(16)4/h7-10,13H,5-6,11-12H2,1-4H3,(H,21,22,25). The van der Waals surface area contributed by atoms with Gasteiger partial charge in [0, 0.05) is 13.1 Å². The van der Waals surface area contributed by atoms with Crippen LogP contribution in [0.15, 0.2) is 34.7 Å². The summed E-state index contributed by atoms with van der Waals surface area (Å²) >= 11 is 0. The van der Waals surface area contributed by atoms with Crippen LogP contribution in [0.1, 0.15) is 35.7 Å². The second-order valence-corrected chi connectivity index (χ2v) is 6.38. The van der Waals surface area contributed by atoms with Gasteiger partial charge in [0.2, 0.25) is 5.95 Å². The van der Waals surface area contributed by atoms with Gasteiger partial charge in [-0.25, -0.2) is 4.98 Å². The molecule has 138 valence electrons. The minimum atomic E-state index is -0.196. The number of carbonyl (C=O) groups is 1. The molecule has 6 nitrogen and oxygen atoms in total. The molecule has 0 aliphatic rings. The van der Waals surface area contributed by atoms with Crippen molar-refractivity contribution in [2.45, 2.75) is 34.2 Å². The largest absolute Gasteiger partial charge is 0.466 e. The number of nitrogens with one attached hydrogen (secondary N) is 1. The Morgan fingerprint density at radius 3 is 2.62 bits per heavy atom. The molecular formula is C20H26N4O2. The van der Waals surface area contributed by atoms with Crippen LogP contribution in [0.25, 0.3) is 11.0 Å². The lowest BCUT2D eigenvalue weighted by Crippen LogP contribution is -2.27. The number of hydrogen-bond donors (Lipinski definition) is 1. The number of hydrogen-bond acceptors (Lipinski definition) is 4. The highest BCUT2D eigenvalue weighted by Crippen LogP contribution is 2.21. The van der Waals surface area contributed by atoms with E-state index in [4.69, 9.17) is 4.42 Å². The highest BCUT2D eigenvalue weighted by Gasteiger charge is 2.18. The van der Waals surface area contributed by atoms with Crippen molar-refractivity contribution in [3.63, 3.8) is 0 Å². The molecule has 0 fully saturated rings. The van der Waals surface area contributed by atoms with E-state index in [0.717, 1.165) is 43.0 Å². The van der Waals surface area contributed by atoms with Gasteiger partial charge < -0.3 is 13.9 Å². The highest BCUT2D eigenvalue weighted by atomic mass is 16.3. The molecule has 0 unspecified atom stereocenters. The van der Waals surface area contributed by atoms with Crippen molar-refractivity contribution in [2.75, 3.05) is 25.0 Å². The highest BCUT2D eigenvalue weighted by molar-refractivity contribution is 6.04. The molecule has 0 spiro atoms. The number of benzene rings is 1. The smallest absolute Gasteiger partial charge is 0.261 e. The Bertz CT molecular complexity index is 906. The van der Waals surface area contributed by atoms with Crippen LogP contribution in [0.4, 0.5) is 5.95 Å². The molecule has 0 saturated heterocycles. The number of rotatable bonds is 7. The third-order valence-electron chi connectivity index (χ3n) is 4.70. The van der Waals surface area contributed by atoms with E-state index in [9.17, 15) is 4.79 Å². The van der Waals surface area contributed by atoms with Crippen molar-refractivity contribution in [1.82, 2.24) is 14.5 Å². The number of likely N-dealkylation sites (N-methyl/N-ethyl adjacent to an activating group) is 1. The van der Waals surface area contributed by atoms with Gasteiger partial charge in [0.15, 0.2) is 0 Å². The lowest BCUT2D eigenvalue weighted by molar-refractivity contribution is 0.102. The summed E-state index contributed by atoms with van der Waals surface area (Å²) in [6, 6.07) is 9.71. The molecule has 0 saturated carbocycles. The molecule has 0 aliphatic heterocycles. The predicted molar refractivity (Wildman–Crippen MR) is 104 cm³/mol. The summed E-state index contributed by atoms with van der Waals surface area (Å²) in [6.07, 6.45) is 0. The molecule has 1 amide bonds. The SMILES string of the molecule is CCN(CC)CCn1c(NC(=O)c2cc(C)oc2C)nc2ccccc21. The maximum absolute atomic E-state index is 12.7. The number of furan rings is 1. The van der Waals surface area contributed by atoms with Crippen LogP contribution < -0.4 is 5.32 Å². The van der Waals surface area contributed by atoms with E-state index >= 15 is 0 Å². The fraction of sp³-hybridized carbons (Fsp3) is 0.400. The second kappa shape index (κ2) is 7.74. The number of fused-ring (bicyclic) bond motifs is 1. The Morgan fingerprint density at radius 1 is 1.23 bits per heavy atom. The molecule has 3 aromatic rings. The van der Waals surface area contributed by atoms with Gasteiger partial charge in [-0.05, 0) is 45.1 Å². The first-order valence-electron chi connectivity index (χ1n) is 9.09. The molecule has 1 aromatic carbocycles. The topological polar surface area (TPSA) is 63.3 Å². The van der Waals surface area contributed by atoms with Crippen LogP contribution in [-0.4, -0.2) is 40.0 Å². The van der Waals surface area contributed by atoms with Crippen molar-refractivity contribution >= 4 is 22.9 Å². The first-order valence-corrected chi connectivity index (χ1v) is 9.09. The number of aromatic nitrogens is 2. The summed E-state index contributed by atoms with van der Waals surface area (Å²) in [5.41, 5.74) is 2.45. The summed E-state index contributed by atoms with van der Waals surface area (Å²) < 4.78 is 7.55. The second-order valence-electron chi connectivity index (χ2n) is 6.38. The van der Waals surface area contributed by atoms with Crippen LogP contribution in [-0.2, 0) is 6.54 Å². The van der Waals surface area contributed by atoms with Gasteiger partial charge in [0.1, 0.15) is 11.5 Å². The summed E-state index contributed by atoms with van der Waals surface area (Å²) in [4.78, 5) is 19.7. The number of aryl methyl sites for hydroxylation is 2. The van der Waals surface area contributed by atoms with Crippen LogP contribution in [0.5, 0.6) is 0 Å². The molecule has 0 radical (unpaired) electrons. The molecule has 0 bridgehead atoms. The third-order valence-corrected chi connectivity index (χ3v) is 4.70. The molecular weight excluding hydrogens is 328 g/mol. The van der Waals surface area contributed by atoms with Gasteiger partial charge in [-0.1, -0.05) is 26.0 Å². The van der Waals surface area contributed by atoms with Gasteiger partial charge in [0.25, 0.3) is 5.91 Å². The third kappa shape index (κ3) is 3.65. The molecule has 2 heterocycles. The Kier molecular flexibility index (Phi) is 5.42. The molecule has 0 atom stereocenters. The van der Waals surface area contributed by atoms with E-state index in [1.807, 2.05) is 31.2 Å². The fourth-order valence-corrected chi connectivity index (χ4v) is 3.20. The van der Waals surface area contributed by atoms with E-state index in [2.05, 4.69) is 33.6 Å². The van der Waals surface area contributed by atoms with E-state index in [1.54, 1.807) is 13.0 Å². The van der Waals surface area contributed by atoms with Crippen LogP contribution in [0.2, 0.25) is 0 Å². The average molecular weight is 354 g/mol. The Hall–Kier alpha value is -2.60. The molecule has 2 aromatic heterocycles. The van der Waals surface area contributed by atoms with Gasteiger partial charge in [-0.3, -0.25) is 10.1 Å². The number of nitrogens with zero attached hydrogens (tertiary/aromatic N) is 3. The van der Waals surface area contributed by atoms with Crippen molar-refractivity contribution in [3.05, 3.63) is 47.4 Å². The minimum Gasteiger partial charge on any atom is -0.466 e. The number of para-hydroxylation sites is 2.